The molecule has 192 valence electrons. The van der Waals surface area contributed by atoms with Crippen LogP contribution in [0.1, 0.15) is 18.9 Å². The number of amides is 2. The minimum atomic E-state index is -4.80. The van der Waals surface area contributed by atoms with Crippen LogP contribution in [-0.4, -0.2) is 64.7 Å². The molecule has 2 aromatic rings. The molecule has 0 bridgehead atoms. The Balaban J connectivity index is 1.30. The number of benzene rings is 1. The molecule has 11 nitrogen and oxygen atoms in total. The zero-order valence-corrected chi connectivity index (χ0v) is 19.5. The maximum Gasteiger partial charge on any atom is 0.573 e. The van der Waals surface area contributed by atoms with Gasteiger partial charge in [-0.1, -0.05) is 12.1 Å². The molecule has 1 atom stereocenters. The van der Waals surface area contributed by atoms with Gasteiger partial charge in [-0.15, -0.1) is 28.5 Å². The monoisotopic (exact) mass is 506 g/mol. The maximum atomic E-state index is 12.4. The molecule has 1 aromatic carbocycles. The molecule has 1 unspecified atom stereocenters. The lowest BCUT2D eigenvalue weighted by Crippen LogP contribution is -2.46. The highest BCUT2D eigenvalue weighted by Gasteiger charge is 2.33. The van der Waals surface area contributed by atoms with E-state index in [9.17, 15) is 22.8 Å². The van der Waals surface area contributed by atoms with Crippen molar-refractivity contribution in [3.8, 4) is 5.75 Å². The van der Waals surface area contributed by atoms with E-state index in [1.54, 1.807) is 17.3 Å². The Bertz CT molecular complexity index is 1140. The van der Waals surface area contributed by atoms with Crippen molar-refractivity contribution < 1.29 is 27.5 Å². The Morgan fingerprint density at radius 1 is 1.19 bits per heavy atom. The third-order valence-electron chi connectivity index (χ3n) is 5.48. The summed E-state index contributed by atoms with van der Waals surface area (Å²) in [6, 6.07) is 8.75. The van der Waals surface area contributed by atoms with Gasteiger partial charge in [0.05, 0.1) is 18.7 Å². The first kappa shape index (κ1) is 25.0. The fourth-order valence-corrected chi connectivity index (χ4v) is 4.03. The summed E-state index contributed by atoms with van der Waals surface area (Å²) in [5.41, 5.74) is 3.43. The summed E-state index contributed by atoms with van der Waals surface area (Å²) in [4.78, 5) is 25.7. The molecule has 3 N–H and O–H groups in total. The van der Waals surface area contributed by atoms with Gasteiger partial charge in [-0.3, -0.25) is 20.0 Å². The molecule has 2 aliphatic rings. The van der Waals surface area contributed by atoms with Crippen LogP contribution in [0.2, 0.25) is 0 Å². The Labute approximate surface area is 204 Å². The highest BCUT2D eigenvalue weighted by atomic mass is 19.4. The number of anilines is 2. The van der Waals surface area contributed by atoms with Gasteiger partial charge in [-0.2, -0.15) is 0 Å². The standard InChI is InChI=1S/C22H25F3N8O3/c1-14(34)26-19-13-33(31(2)30-19)16-8-9-32(12-16)20-7-6-18(28-29-20)27-21(35)11-15-4-3-5-17(10-15)36-22(23,24)25/h3-7,10,13,16,30H,8-9,11-12H2,1-2H3,(H,26,34)(H,27,28,35). The lowest BCUT2D eigenvalue weighted by atomic mass is 10.1. The van der Waals surface area contributed by atoms with Crippen molar-refractivity contribution in [2.24, 2.45) is 0 Å². The molecular weight excluding hydrogens is 481 g/mol. The number of carbonyl (C=O) groups excluding carboxylic acids is 2. The summed E-state index contributed by atoms with van der Waals surface area (Å²) in [6.45, 7) is 2.86. The van der Waals surface area contributed by atoms with E-state index in [0.717, 1.165) is 19.0 Å². The van der Waals surface area contributed by atoms with Crippen molar-refractivity contribution in [3.63, 3.8) is 0 Å². The van der Waals surface area contributed by atoms with Crippen LogP contribution in [0.4, 0.5) is 24.8 Å². The maximum absolute atomic E-state index is 12.4. The molecule has 1 fully saturated rings. The quantitative estimate of drug-likeness (QED) is 0.517. The highest BCUT2D eigenvalue weighted by Crippen LogP contribution is 2.25. The molecule has 1 aromatic heterocycles. The minimum absolute atomic E-state index is 0.145. The summed E-state index contributed by atoms with van der Waals surface area (Å²) in [7, 11) is 1.85. The number of alkyl halides is 3. The summed E-state index contributed by atoms with van der Waals surface area (Å²) in [5, 5.41) is 17.4. The Hall–Kier alpha value is -4.07. The number of ether oxygens (including phenoxy) is 1. The van der Waals surface area contributed by atoms with Gasteiger partial charge in [-0.25, -0.2) is 0 Å². The molecule has 2 aliphatic heterocycles. The number of nitrogens with zero attached hydrogens (tertiary/aromatic N) is 5. The van der Waals surface area contributed by atoms with Crippen molar-refractivity contribution in [1.29, 1.82) is 0 Å². The Morgan fingerprint density at radius 2 is 2.00 bits per heavy atom. The number of carbonyl (C=O) groups is 2. The molecule has 4 rings (SSSR count). The number of halogens is 3. The fraction of sp³-hybridized carbons (Fsp3) is 0.364. The summed E-state index contributed by atoms with van der Waals surface area (Å²) in [6.07, 6.45) is -2.27. The van der Waals surface area contributed by atoms with Crippen molar-refractivity contribution in [2.75, 3.05) is 30.4 Å². The van der Waals surface area contributed by atoms with E-state index in [0.29, 0.717) is 23.7 Å². The topological polar surface area (TPSA) is 115 Å². The van der Waals surface area contributed by atoms with E-state index in [-0.39, 0.29) is 24.2 Å². The smallest absolute Gasteiger partial charge is 0.406 e. The minimum Gasteiger partial charge on any atom is -0.406 e. The Morgan fingerprint density at radius 3 is 2.69 bits per heavy atom. The molecular formula is C22H25F3N8O3. The van der Waals surface area contributed by atoms with Crippen LogP contribution in [0.15, 0.2) is 48.4 Å². The molecule has 0 spiro atoms. The Kier molecular flexibility index (Phi) is 7.15. The van der Waals surface area contributed by atoms with Gasteiger partial charge >= 0.3 is 6.36 Å². The van der Waals surface area contributed by atoms with Crippen molar-refractivity contribution >= 4 is 23.5 Å². The predicted molar refractivity (Wildman–Crippen MR) is 123 cm³/mol. The van der Waals surface area contributed by atoms with Crippen LogP contribution >= 0.6 is 0 Å². The van der Waals surface area contributed by atoms with Crippen LogP contribution in [-0.2, 0) is 16.0 Å². The summed E-state index contributed by atoms with van der Waals surface area (Å²) in [5.74, 6) is 0.473. The predicted octanol–water partition coefficient (Wildman–Crippen LogP) is 1.74. The zero-order chi connectivity index (χ0) is 25.9. The second kappa shape index (κ2) is 10.3. The van der Waals surface area contributed by atoms with Crippen LogP contribution in [0.25, 0.3) is 0 Å². The van der Waals surface area contributed by atoms with Gasteiger partial charge in [0.2, 0.25) is 11.8 Å². The number of hydrogen-bond donors (Lipinski definition) is 3. The number of hydrogen-bond acceptors (Lipinski definition) is 9. The average molecular weight is 506 g/mol. The largest absolute Gasteiger partial charge is 0.573 e. The van der Waals surface area contributed by atoms with Crippen molar-refractivity contribution in [1.82, 2.24) is 31.1 Å². The normalized spacial score (nSPS) is 18.0. The molecule has 2 amide bonds. The fourth-order valence-electron chi connectivity index (χ4n) is 4.03. The van der Waals surface area contributed by atoms with Gasteiger partial charge in [-0.05, 0) is 36.2 Å². The van der Waals surface area contributed by atoms with E-state index >= 15 is 0 Å². The van der Waals surface area contributed by atoms with Crippen molar-refractivity contribution in [3.05, 3.63) is 54.0 Å². The first-order chi connectivity index (χ1) is 17.1. The SMILES string of the molecule is CC(=O)NC1=CN(C2CCN(c3ccc(NC(=O)Cc4cccc(OC(F)(F)F)c4)nn3)C2)N(C)N1. The number of hydrazine groups is 2. The highest BCUT2D eigenvalue weighted by molar-refractivity contribution is 5.91. The second-order valence-electron chi connectivity index (χ2n) is 8.32. The average Bonchev–Trinajstić information content (AvgIpc) is 3.39. The van der Waals surface area contributed by atoms with Crippen LogP contribution in [0.3, 0.4) is 0 Å². The lowest BCUT2D eigenvalue weighted by molar-refractivity contribution is -0.274. The van der Waals surface area contributed by atoms with Crippen molar-refractivity contribution in [2.45, 2.75) is 32.2 Å². The first-order valence-electron chi connectivity index (χ1n) is 11.1. The van der Waals surface area contributed by atoms with E-state index < -0.39 is 18.0 Å². The van der Waals surface area contributed by atoms with E-state index in [1.165, 1.54) is 25.1 Å². The van der Waals surface area contributed by atoms with E-state index in [1.807, 2.05) is 18.3 Å². The molecule has 0 radical (unpaired) electrons. The van der Waals surface area contributed by atoms with Gasteiger partial charge in [0.1, 0.15) is 11.6 Å². The third-order valence-corrected chi connectivity index (χ3v) is 5.48. The van der Waals surface area contributed by atoms with Crippen LogP contribution in [0.5, 0.6) is 5.75 Å². The number of rotatable bonds is 7. The molecule has 1 saturated heterocycles. The molecule has 36 heavy (non-hydrogen) atoms. The van der Waals surface area contributed by atoms with Gasteiger partial charge < -0.3 is 20.3 Å². The van der Waals surface area contributed by atoms with Gasteiger partial charge in [0, 0.05) is 27.1 Å². The number of nitrogens with one attached hydrogen (secondary N) is 3. The first-order valence-corrected chi connectivity index (χ1v) is 11.1. The molecule has 0 aliphatic carbocycles. The van der Waals surface area contributed by atoms with Crippen LogP contribution in [0, 0.1) is 0 Å². The van der Waals surface area contributed by atoms with E-state index in [2.05, 4.69) is 35.9 Å². The second-order valence-corrected chi connectivity index (χ2v) is 8.32. The molecule has 0 saturated carbocycles. The lowest BCUT2D eigenvalue weighted by Gasteiger charge is -2.30. The summed E-state index contributed by atoms with van der Waals surface area (Å²) < 4.78 is 41.1. The third kappa shape index (κ3) is 6.53. The van der Waals surface area contributed by atoms with Gasteiger partial charge in [0.25, 0.3) is 0 Å². The van der Waals surface area contributed by atoms with Crippen LogP contribution < -0.4 is 25.7 Å². The summed E-state index contributed by atoms with van der Waals surface area (Å²) >= 11 is 0. The van der Waals surface area contributed by atoms with E-state index in [4.69, 9.17) is 0 Å². The number of aromatic nitrogens is 2. The van der Waals surface area contributed by atoms with Gasteiger partial charge in [0.15, 0.2) is 11.6 Å². The zero-order valence-electron chi connectivity index (χ0n) is 19.5. The molecule has 3 heterocycles. The molecule has 14 heteroatoms.